The summed E-state index contributed by atoms with van der Waals surface area (Å²) in [5, 5.41) is 3.70. The van der Waals surface area contributed by atoms with Gasteiger partial charge >= 0.3 is 0 Å². The zero-order valence-corrected chi connectivity index (χ0v) is 23.6. The first kappa shape index (κ1) is 29.8. The molecule has 1 nitrogen and oxygen atoms in total. The second-order valence-corrected chi connectivity index (χ2v) is 10.9. The molecule has 0 amide bonds. The molecule has 1 rings (SSSR count). The molecule has 34 heavy (non-hydrogen) atoms. The molecule has 0 spiro atoms. The van der Waals surface area contributed by atoms with E-state index in [0.717, 1.165) is 34.4 Å². The summed E-state index contributed by atoms with van der Waals surface area (Å²) in [5.41, 5.74) is 8.14. The summed E-state index contributed by atoms with van der Waals surface area (Å²) in [6.07, 6.45) is 13.9. The molecule has 1 fully saturated rings. The molecule has 1 heteroatoms. The van der Waals surface area contributed by atoms with Gasteiger partial charge < -0.3 is 5.32 Å². The van der Waals surface area contributed by atoms with Crippen LogP contribution in [-0.4, -0.2) is 0 Å². The molecule has 0 aromatic heterocycles. The number of hydrogen-bond donors (Lipinski definition) is 1. The van der Waals surface area contributed by atoms with E-state index in [4.69, 9.17) is 0 Å². The Kier molecular flexibility index (Phi) is 11.4. The molecule has 0 aliphatic heterocycles. The summed E-state index contributed by atoms with van der Waals surface area (Å²) in [6, 6.07) is 0. The molecule has 1 aliphatic rings. The van der Waals surface area contributed by atoms with Crippen molar-refractivity contribution in [2.24, 2.45) is 29.1 Å². The van der Waals surface area contributed by atoms with Gasteiger partial charge in [-0.1, -0.05) is 109 Å². The lowest BCUT2D eigenvalue weighted by atomic mass is 9.69. The Balaban J connectivity index is 3.08. The van der Waals surface area contributed by atoms with Gasteiger partial charge in [0.1, 0.15) is 0 Å². The van der Waals surface area contributed by atoms with Gasteiger partial charge in [0.25, 0.3) is 0 Å². The number of rotatable bonds is 10. The second-order valence-electron chi connectivity index (χ2n) is 10.9. The maximum atomic E-state index is 4.61. The molecule has 1 N–H and O–H groups in total. The van der Waals surface area contributed by atoms with Crippen molar-refractivity contribution >= 4 is 0 Å². The molecule has 0 heterocycles. The molecule has 4 atom stereocenters. The maximum Gasteiger partial charge on any atom is 0.0335 e. The summed E-state index contributed by atoms with van der Waals surface area (Å²) >= 11 is 0. The van der Waals surface area contributed by atoms with Crippen LogP contribution in [0.4, 0.5) is 0 Å². The SMILES string of the molecule is C=C(C)/C=C(\C=C/C)C(=C)C/C=C(\C)C(=C)N/C(=C/C)C1C(C)CC(CC)C(C)(C)C(=C)C1C. The highest BCUT2D eigenvalue weighted by atomic mass is 14.9. The molecular weight excluding hydrogens is 410 g/mol. The maximum absolute atomic E-state index is 4.61. The van der Waals surface area contributed by atoms with E-state index in [-0.39, 0.29) is 5.41 Å². The number of hydrogen-bond acceptors (Lipinski definition) is 1. The minimum absolute atomic E-state index is 0.158. The average molecular weight is 462 g/mol. The van der Waals surface area contributed by atoms with Crippen LogP contribution in [0.15, 0.2) is 96.0 Å². The predicted molar refractivity (Wildman–Crippen MR) is 154 cm³/mol. The van der Waals surface area contributed by atoms with Crippen LogP contribution in [0.2, 0.25) is 0 Å². The van der Waals surface area contributed by atoms with Crippen LogP contribution in [-0.2, 0) is 0 Å². The Morgan fingerprint density at radius 2 is 1.74 bits per heavy atom. The first-order chi connectivity index (χ1) is 15.8. The Morgan fingerprint density at radius 3 is 2.24 bits per heavy atom. The second kappa shape index (κ2) is 13.0. The van der Waals surface area contributed by atoms with Gasteiger partial charge in [0.05, 0.1) is 0 Å². The summed E-state index contributed by atoms with van der Waals surface area (Å²) in [5.74, 6) is 2.06. The smallest absolute Gasteiger partial charge is 0.0335 e. The Morgan fingerprint density at radius 1 is 1.12 bits per heavy atom. The van der Waals surface area contributed by atoms with Crippen molar-refractivity contribution in [2.45, 2.75) is 81.6 Å². The van der Waals surface area contributed by atoms with Crippen molar-refractivity contribution in [1.82, 2.24) is 5.32 Å². The topological polar surface area (TPSA) is 12.0 Å². The van der Waals surface area contributed by atoms with E-state index in [9.17, 15) is 0 Å². The van der Waals surface area contributed by atoms with E-state index in [2.05, 4.69) is 104 Å². The minimum Gasteiger partial charge on any atom is -0.359 e. The van der Waals surface area contributed by atoms with Crippen molar-refractivity contribution < 1.29 is 0 Å². The largest absolute Gasteiger partial charge is 0.359 e. The van der Waals surface area contributed by atoms with Gasteiger partial charge in [-0.25, -0.2) is 0 Å². The van der Waals surface area contributed by atoms with Gasteiger partial charge in [-0.05, 0) is 80.4 Å². The van der Waals surface area contributed by atoms with E-state index >= 15 is 0 Å². The molecule has 4 unspecified atom stereocenters. The fraction of sp³-hybridized carbons (Fsp3) is 0.515. The molecule has 0 radical (unpaired) electrons. The van der Waals surface area contributed by atoms with E-state index in [1.54, 1.807) is 0 Å². The predicted octanol–water partition coefficient (Wildman–Crippen LogP) is 9.87. The highest BCUT2D eigenvalue weighted by Crippen LogP contribution is 2.51. The first-order valence-corrected chi connectivity index (χ1v) is 13.0. The van der Waals surface area contributed by atoms with Gasteiger partial charge in [0, 0.05) is 17.3 Å². The normalized spacial score (nSPS) is 26.4. The van der Waals surface area contributed by atoms with Gasteiger partial charge in [-0.3, -0.25) is 0 Å². The molecule has 1 aliphatic carbocycles. The van der Waals surface area contributed by atoms with Gasteiger partial charge in [-0.15, -0.1) is 0 Å². The highest BCUT2D eigenvalue weighted by Gasteiger charge is 2.43. The molecule has 188 valence electrons. The van der Waals surface area contributed by atoms with Gasteiger partial charge in [-0.2, -0.15) is 0 Å². The van der Waals surface area contributed by atoms with Crippen molar-refractivity contribution in [2.75, 3.05) is 0 Å². The van der Waals surface area contributed by atoms with E-state index < -0.39 is 0 Å². The molecule has 0 aromatic carbocycles. The van der Waals surface area contributed by atoms with Gasteiger partial charge in [0.15, 0.2) is 0 Å². The lowest BCUT2D eigenvalue weighted by Crippen LogP contribution is -2.30. The van der Waals surface area contributed by atoms with Crippen LogP contribution in [0.5, 0.6) is 0 Å². The van der Waals surface area contributed by atoms with Crippen molar-refractivity contribution in [3.8, 4) is 0 Å². The van der Waals surface area contributed by atoms with Crippen LogP contribution < -0.4 is 5.32 Å². The van der Waals surface area contributed by atoms with Crippen LogP contribution in [0, 0.1) is 29.1 Å². The van der Waals surface area contributed by atoms with E-state index in [1.807, 2.05) is 19.9 Å². The van der Waals surface area contributed by atoms with E-state index in [1.165, 1.54) is 24.1 Å². The lowest BCUT2D eigenvalue weighted by molar-refractivity contribution is 0.223. The fourth-order valence-electron chi connectivity index (χ4n) is 5.55. The summed E-state index contributed by atoms with van der Waals surface area (Å²) in [6.45, 7) is 37.5. The number of allylic oxidation sites excluding steroid dienone is 11. The quantitative estimate of drug-likeness (QED) is 0.194. The summed E-state index contributed by atoms with van der Waals surface area (Å²) in [7, 11) is 0. The zero-order chi connectivity index (χ0) is 26.2. The Labute approximate surface area is 211 Å². The highest BCUT2D eigenvalue weighted by molar-refractivity contribution is 5.44. The van der Waals surface area contributed by atoms with Crippen molar-refractivity contribution in [3.63, 3.8) is 0 Å². The van der Waals surface area contributed by atoms with Crippen LogP contribution in [0.3, 0.4) is 0 Å². The minimum atomic E-state index is 0.158. The van der Waals surface area contributed by atoms with Crippen LogP contribution >= 0.6 is 0 Å². The Bertz CT molecular complexity index is 899. The molecule has 0 saturated heterocycles. The first-order valence-electron chi connectivity index (χ1n) is 13.0. The summed E-state index contributed by atoms with van der Waals surface area (Å²) < 4.78 is 0. The average Bonchev–Trinajstić information content (AvgIpc) is 2.83. The third kappa shape index (κ3) is 7.36. The van der Waals surface area contributed by atoms with Crippen molar-refractivity contribution in [1.29, 1.82) is 0 Å². The molecule has 0 bridgehead atoms. The third-order valence-corrected chi connectivity index (χ3v) is 7.95. The lowest BCUT2D eigenvalue weighted by Gasteiger charge is -2.37. The summed E-state index contributed by atoms with van der Waals surface area (Å²) in [4.78, 5) is 0. The van der Waals surface area contributed by atoms with Crippen molar-refractivity contribution in [3.05, 3.63) is 96.0 Å². The molecular formula is C33H51N. The van der Waals surface area contributed by atoms with Crippen LogP contribution in [0.1, 0.15) is 81.6 Å². The van der Waals surface area contributed by atoms with E-state index in [0.29, 0.717) is 23.7 Å². The molecule has 0 aromatic rings. The molecule has 1 saturated carbocycles. The monoisotopic (exact) mass is 461 g/mol. The third-order valence-electron chi connectivity index (χ3n) is 7.95. The van der Waals surface area contributed by atoms with Gasteiger partial charge in [0.2, 0.25) is 0 Å². The zero-order valence-electron chi connectivity index (χ0n) is 23.6. The fourth-order valence-corrected chi connectivity index (χ4v) is 5.55. The van der Waals surface area contributed by atoms with Crippen LogP contribution in [0.25, 0.3) is 0 Å². The standard InChI is InChI=1S/C33H51N/c1-14-17-29(20-22(4)5)24(7)19-18-23(6)28(11)34-31(16-3)32-25(8)21-30(15-2)33(12,13)27(10)26(32)9/h14,16-18,20,25-26,30,32,34H,4,7,10-11,15,19,21H2,1-3,5-6,8-9,12-13H3/b17-14-,23-18+,29-20+,31-16+. The Hall–Kier alpha value is -2.28. The number of nitrogens with one attached hydrogen (secondary N) is 1.